The standard InChI is InChI=1S/C21H24N2O5/c1-12-8-17(14(3)28-12)13(2)22-21(25)15-9-20(24)23(11-15)16-4-5-18-19(10-16)27-7-6-26-18/h4-5,8,10,13,15H,6-7,9,11H2,1-3H3,(H,22,25). The Kier molecular flexibility index (Phi) is 4.75. The largest absolute Gasteiger partial charge is 0.486 e. The molecule has 0 radical (unpaired) electrons. The average Bonchev–Trinajstić information content (AvgIpc) is 3.23. The molecule has 1 aromatic heterocycles. The van der Waals surface area contributed by atoms with Gasteiger partial charge in [0.25, 0.3) is 0 Å². The number of aryl methyl sites for hydroxylation is 2. The molecule has 7 heteroatoms. The Labute approximate surface area is 163 Å². The third-order valence-electron chi connectivity index (χ3n) is 5.24. The highest BCUT2D eigenvalue weighted by atomic mass is 16.6. The van der Waals surface area contributed by atoms with Gasteiger partial charge in [-0.25, -0.2) is 0 Å². The highest BCUT2D eigenvalue weighted by Crippen LogP contribution is 2.36. The van der Waals surface area contributed by atoms with E-state index in [2.05, 4.69) is 5.32 Å². The van der Waals surface area contributed by atoms with E-state index < -0.39 is 5.92 Å². The van der Waals surface area contributed by atoms with Crippen LogP contribution in [0, 0.1) is 19.8 Å². The van der Waals surface area contributed by atoms with Crippen LogP contribution < -0.4 is 19.7 Å². The number of carbonyl (C=O) groups is 2. The molecule has 28 heavy (non-hydrogen) atoms. The van der Waals surface area contributed by atoms with Crippen molar-refractivity contribution in [2.45, 2.75) is 33.2 Å². The van der Waals surface area contributed by atoms with E-state index in [9.17, 15) is 9.59 Å². The van der Waals surface area contributed by atoms with E-state index in [1.165, 1.54) is 0 Å². The molecule has 0 spiro atoms. The summed E-state index contributed by atoms with van der Waals surface area (Å²) in [7, 11) is 0. The number of fused-ring (bicyclic) bond motifs is 1. The lowest BCUT2D eigenvalue weighted by molar-refractivity contribution is -0.126. The molecule has 0 aliphatic carbocycles. The van der Waals surface area contributed by atoms with Gasteiger partial charge in [0, 0.05) is 30.3 Å². The molecule has 1 aromatic carbocycles. The summed E-state index contributed by atoms with van der Waals surface area (Å²) < 4.78 is 16.7. The van der Waals surface area contributed by atoms with E-state index in [0.717, 1.165) is 22.8 Å². The van der Waals surface area contributed by atoms with Crippen molar-refractivity contribution in [3.8, 4) is 11.5 Å². The number of benzene rings is 1. The Bertz CT molecular complexity index is 920. The lowest BCUT2D eigenvalue weighted by atomic mass is 10.1. The second-order valence-corrected chi connectivity index (χ2v) is 7.33. The summed E-state index contributed by atoms with van der Waals surface area (Å²) in [5.74, 6) is 2.33. The first-order valence-corrected chi connectivity index (χ1v) is 9.49. The quantitative estimate of drug-likeness (QED) is 0.877. The number of rotatable bonds is 4. The van der Waals surface area contributed by atoms with Crippen LogP contribution in [0.1, 0.15) is 36.5 Å². The molecule has 7 nitrogen and oxygen atoms in total. The monoisotopic (exact) mass is 384 g/mol. The van der Waals surface area contributed by atoms with E-state index >= 15 is 0 Å². The Morgan fingerprint density at radius 3 is 2.64 bits per heavy atom. The molecule has 148 valence electrons. The number of anilines is 1. The maximum absolute atomic E-state index is 12.7. The van der Waals surface area contributed by atoms with Crippen molar-refractivity contribution in [3.05, 3.63) is 41.3 Å². The number of hydrogen-bond donors (Lipinski definition) is 1. The van der Waals surface area contributed by atoms with Crippen LogP contribution in [-0.4, -0.2) is 31.6 Å². The Hall–Kier alpha value is -2.96. The van der Waals surface area contributed by atoms with E-state index in [1.807, 2.05) is 32.9 Å². The van der Waals surface area contributed by atoms with Crippen LogP contribution in [0.2, 0.25) is 0 Å². The van der Waals surface area contributed by atoms with Crippen LogP contribution in [0.3, 0.4) is 0 Å². The summed E-state index contributed by atoms with van der Waals surface area (Å²) in [4.78, 5) is 26.9. The Balaban J connectivity index is 1.44. The van der Waals surface area contributed by atoms with Gasteiger partial charge in [-0.15, -0.1) is 0 Å². The van der Waals surface area contributed by atoms with Crippen molar-refractivity contribution in [3.63, 3.8) is 0 Å². The van der Waals surface area contributed by atoms with Crippen LogP contribution in [0.15, 0.2) is 28.7 Å². The summed E-state index contributed by atoms with van der Waals surface area (Å²) in [6, 6.07) is 7.18. The maximum Gasteiger partial charge on any atom is 0.227 e. The number of ether oxygens (including phenoxy) is 2. The molecule has 2 amide bonds. The number of amides is 2. The van der Waals surface area contributed by atoms with Gasteiger partial charge in [-0.3, -0.25) is 9.59 Å². The van der Waals surface area contributed by atoms with Gasteiger partial charge in [0.15, 0.2) is 11.5 Å². The van der Waals surface area contributed by atoms with Gasteiger partial charge < -0.3 is 24.1 Å². The second-order valence-electron chi connectivity index (χ2n) is 7.33. The summed E-state index contributed by atoms with van der Waals surface area (Å²) in [6.07, 6.45) is 0.191. The summed E-state index contributed by atoms with van der Waals surface area (Å²) in [5, 5.41) is 3.01. The lowest BCUT2D eigenvalue weighted by Gasteiger charge is -2.22. The van der Waals surface area contributed by atoms with Crippen LogP contribution in [0.4, 0.5) is 5.69 Å². The molecule has 2 aliphatic rings. The van der Waals surface area contributed by atoms with E-state index in [0.29, 0.717) is 31.3 Å². The van der Waals surface area contributed by atoms with Gasteiger partial charge >= 0.3 is 0 Å². The van der Waals surface area contributed by atoms with Gasteiger partial charge in [-0.2, -0.15) is 0 Å². The molecule has 1 saturated heterocycles. The first-order chi connectivity index (χ1) is 13.4. The molecule has 1 fully saturated rings. The van der Waals surface area contributed by atoms with E-state index in [1.54, 1.807) is 17.0 Å². The lowest BCUT2D eigenvalue weighted by Crippen LogP contribution is -2.34. The van der Waals surface area contributed by atoms with Crippen LogP contribution in [0.25, 0.3) is 0 Å². The summed E-state index contributed by atoms with van der Waals surface area (Å²) >= 11 is 0. The zero-order valence-electron chi connectivity index (χ0n) is 16.3. The van der Waals surface area contributed by atoms with Crippen molar-refractivity contribution in [1.82, 2.24) is 5.32 Å². The van der Waals surface area contributed by atoms with Crippen molar-refractivity contribution in [1.29, 1.82) is 0 Å². The molecule has 0 saturated carbocycles. The zero-order chi connectivity index (χ0) is 19.8. The number of nitrogens with one attached hydrogen (secondary N) is 1. The zero-order valence-corrected chi connectivity index (χ0v) is 16.3. The third kappa shape index (κ3) is 3.44. The number of nitrogens with zero attached hydrogens (tertiary/aromatic N) is 1. The second kappa shape index (κ2) is 7.22. The molecule has 3 heterocycles. The molecule has 2 unspecified atom stereocenters. The SMILES string of the molecule is Cc1cc(C(C)NC(=O)C2CC(=O)N(c3ccc4c(c3)OCCO4)C2)c(C)o1. The fourth-order valence-electron chi connectivity index (χ4n) is 3.82. The van der Waals surface area contributed by atoms with Crippen molar-refractivity contribution in [2.24, 2.45) is 5.92 Å². The molecule has 2 aromatic rings. The highest BCUT2D eigenvalue weighted by molar-refractivity contribution is 6.00. The predicted octanol–water partition coefficient (Wildman–Crippen LogP) is 2.90. The number of carbonyl (C=O) groups excluding carboxylic acids is 2. The molecular weight excluding hydrogens is 360 g/mol. The van der Waals surface area contributed by atoms with Gasteiger partial charge in [0.05, 0.1) is 12.0 Å². The molecule has 2 aliphatic heterocycles. The van der Waals surface area contributed by atoms with E-state index in [4.69, 9.17) is 13.9 Å². The highest BCUT2D eigenvalue weighted by Gasteiger charge is 2.36. The first-order valence-electron chi connectivity index (χ1n) is 9.49. The van der Waals surface area contributed by atoms with Gasteiger partial charge in [0.1, 0.15) is 24.7 Å². The molecular formula is C21H24N2O5. The Morgan fingerprint density at radius 1 is 1.18 bits per heavy atom. The van der Waals surface area contributed by atoms with E-state index in [-0.39, 0.29) is 24.3 Å². The fourth-order valence-corrected chi connectivity index (χ4v) is 3.82. The summed E-state index contributed by atoms with van der Waals surface area (Å²) in [5.41, 5.74) is 1.68. The summed E-state index contributed by atoms with van der Waals surface area (Å²) in [6.45, 7) is 7.04. The fraction of sp³-hybridized carbons (Fsp3) is 0.429. The minimum Gasteiger partial charge on any atom is -0.486 e. The molecule has 1 N–H and O–H groups in total. The molecule has 4 rings (SSSR count). The predicted molar refractivity (Wildman–Crippen MR) is 103 cm³/mol. The number of hydrogen-bond acceptors (Lipinski definition) is 5. The topological polar surface area (TPSA) is 81.0 Å². The Morgan fingerprint density at radius 2 is 1.93 bits per heavy atom. The smallest absolute Gasteiger partial charge is 0.227 e. The van der Waals surface area contributed by atoms with Crippen molar-refractivity contribution in [2.75, 3.05) is 24.7 Å². The minimum atomic E-state index is -0.392. The first kappa shape index (κ1) is 18.4. The average molecular weight is 384 g/mol. The minimum absolute atomic E-state index is 0.0696. The van der Waals surface area contributed by atoms with Gasteiger partial charge in [-0.05, 0) is 39.0 Å². The third-order valence-corrected chi connectivity index (χ3v) is 5.24. The maximum atomic E-state index is 12.7. The van der Waals surface area contributed by atoms with Crippen LogP contribution >= 0.6 is 0 Å². The van der Waals surface area contributed by atoms with Crippen LogP contribution in [-0.2, 0) is 9.59 Å². The molecule has 2 atom stereocenters. The number of furan rings is 1. The normalized spacial score (nSPS) is 19.6. The van der Waals surface area contributed by atoms with Crippen LogP contribution in [0.5, 0.6) is 11.5 Å². The van der Waals surface area contributed by atoms with Gasteiger partial charge in [0.2, 0.25) is 11.8 Å². The van der Waals surface area contributed by atoms with Gasteiger partial charge in [-0.1, -0.05) is 0 Å². The molecule has 0 bridgehead atoms. The van der Waals surface area contributed by atoms with Crippen molar-refractivity contribution < 1.29 is 23.5 Å². The van der Waals surface area contributed by atoms with Crippen molar-refractivity contribution >= 4 is 17.5 Å².